The lowest BCUT2D eigenvalue weighted by Gasteiger charge is -2.37. The summed E-state index contributed by atoms with van der Waals surface area (Å²) in [6.45, 7) is 0.293. The molecule has 1 aliphatic heterocycles. The van der Waals surface area contributed by atoms with Crippen LogP contribution in [0.2, 0.25) is 0 Å². The Hall–Kier alpha value is -2.58. The molecule has 0 amide bonds. The van der Waals surface area contributed by atoms with Gasteiger partial charge in [0, 0.05) is 17.0 Å². The Morgan fingerprint density at radius 3 is 2.67 bits per heavy atom. The number of fused-ring (bicyclic) bond motifs is 1. The molecular weight excluding hydrogens is 374 g/mol. The van der Waals surface area contributed by atoms with Crippen LogP contribution in [0.4, 0.5) is 8.78 Å². The molecule has 2 aromatic carbocycles. The first-order valence-electron chi connectivity index (χ1n) is 8.35. The molecule has 1 aliphatic rings. The summed E-state index contributed by atoms with van der Waals surface area (Å²) >= 11 is 0. The van der Waals surface area contributed by atoms with Crippen LogP contribution in [0, 0.1) is 11.6 Å². The summed E-state index contributed by atoms with van der Waals surface area (Å²) in [4.78, 5) is 4.39. The monoisotopic (exact) mass is 390 g/mol. The first kappa shape index (κ1) is 17.8. The van der Waals surface area contributed by atoms with Crippen molar-refractivity contribution < 1.29 is 21.9 Å². The molecule has 1 aromatic heterocycles. The third-order valence-electron chi connectivity index (χ3n) is 4.41. The van der Waals surface area contributed by atoms with Gasteiger partial charge in [-0.3, -0.25) is 0 Å². The van der Waals surface area contributed by atoms with Gasteiger partial charge in [0.1, 0.15) is 17.7 Å². The molecule has 2 heterocycles. The fraction of sp³-hybridized carbons (Fsp3) is 0.211. The van der Waals surface area contributed by atoms with E-state index in [0.717, 1.165) is 29.1 Å². The van der Waals surface area contributed by atoms with Gasteiger partial charge in [0.05, 0.1) is 24.4 Å². The van der Waals surface area contributed by atoms with Gasteiger partial charge in [-0.2, -0.15) is 4.31 Å². The number of ether oxygens (including phenoxy) is 1. The number of hydrogen-bond acceptors (Lipinski definition) is 4. The van der Waals surface area contributed by atoms with E-state index in [1.165, 1.54) is 4.31 Å². The largest absolute Gasteiger partial charge is 0.472 e. The number of sulfonamides is 1. The molecule has 1 fully saturated rings. The number of hydrogen-bond donors (Lipinski definition) is 0. The normalized spacial score (nSPS) is 15.6. The average molecular weight is 390 g/mol. The van der Waals surface area contributed by atoms with E-state index in [-0.39, 0.29) is 24.8 Å². The van der Waals surface area contributed by atoms with Crippen LogP contribution in [0.15, 0.2) is 54.6 Å². The first-order valence-corrected chi connectivity index (χ1v) is 9.96. The Labute approximate surface area is 155 Å². The molecule has 0 bridgehead atoms. The van der Waals surface area contributed by atoms with E-state index in [1.807, 2.05) is 30.3 Å². The van der Waals surface area contributed by atoms with Gasteiger partial charge in [0.25, 0.3) is 0 Å². The third kappa shape index (κ3) is 3.77. The van der Waals surface area contributed by atoms with Gasteiger partial charge in [-0.15, -0.1) is 0 Å². The Morgan fingerprint density at radius 1 is 1.07 bits per heavy atom. The smallest absolute Gasteiger partial charge is 0.218 e. The Kier molecular flexibility index (Phi) is 4.53. The molecule has 4 rings (SSSR count). The first-order chi connectivity index (χ1) is 12.9. The fourth-order valence-electron chi connectivity index (χ4n) is 2.93. The Bertz CT molecular complexity index is 1100. The van der Waals surface area contributed by atoms with Crippen LogP contribution in [-0.2, 0) is 15.8 Å². The average Bonchev–Trinajstić information content (AvgIpc) is 2.60. The molecule has 27 heavy (non-hydrogen) atoms. The summed E-state index contributed by atoms with van der Waals surface area (Å²) in [6, 6.07) is 14.0. The fourth-order valence-corrected chi connectivity index (χ4v) is 4.51. The lowest BCUT2D eigenvalue weighted by atomic mass is 10.2. The van der Waals surface area contributed by atoms with Crippen molar-refractivity contribution >= 4 is 20.9 Å². The van der Waals surface area contributed by atoms with Crippen molar-refractivity contribution in [1.29, 1.82) is 0 Å². The zero-order chi connectivity index (χ0) is 19.0. The highest BCUT2D eigenvalue weighted by atomic mass is 32.2. The summed E-state index contributed by atoms with van der Waals surface area (Å²) in [6.07, 6.45) is -0.328. The van der Waals surface area contributed by atoms with Crippen LogP contribution in [0.25, 0.3) is 10.9 Å². The second-order valence-electron chi connectivity index (χ2n) is 6.39. The second-order valence-corrected chi connectivity index (χ2v) is 8.36. The molecule has 0 N–H and O–H groups in total. The van der Waals surface area contributed by atoms with E-state index in [9.17, 15) is 17.2 Å². The van der Waals surface area contributed by atoms with Crippen molar-refractivity contribution in [2.75, 3.05) is 13.1 Å². The molecule has 0 atom stereocenters. The SMILES string of the molecule is O=S(=O)(Cc1cc(F)ccc1F)N1CC(Oc2ccc3ccccc3n2)C1. The summed E-state index contributed by atoms with van der Waals surface area (Å²) in [7, 11) is -3.75. The standard InChI is InChI=1S/C19H16F2N2O3S/c20-15-6-7-17(21)14(9-15)12-27(24,25)23-10-16(11-23)26-19-8-5-13-3-1-2-4-18(13)22-19/h1-9,16H,10-12H2. The molecule has 5 nitrogen and oxygen atoms in total. The van der Waals surface area contributed by atoms with Crippen LogP contribution in [-0.4, -0.2) is 36.9 Å². The zero-order valence-electron chi connectivity index (χ0n) is 14.2. The van der Waals surface area contributed by atoms with Crippen LogP contribution in [0.3, 0.4) is 0 Å². The van der Waals surface area contributed by atoms with Crippen LogP contribution < -0.4 is 4.74 Å². The number of pyridine rings is 1. The number of nitrogens with zero attached hydrogens (tertiary/aromatic N) is 2. The predicted molar refractivity (Wildman–Crippen MR) is 96.7 cm³/mol. The van der Waals surface area contributed by atoms with E-state index in [4.69, 9.17) is 4.74 Å². The van der Waals surface area contributed by atoms with Crippen molar-refractivity contribution in [3.8, 4) is 5.88 Å². The minimum atomic E-state index is -3.75. The third-order valence-corrected chi connectivity index (χ3v) is 6.17. The predicted octanol–water partition coefficient (Wildman–Crippen LogP) is 3.11. The molecule has 3 aromatic rings. The van der Waals surface area contributed by atoms with Gasteiger partial charge < -0.3 is 4.74 Å². The number of aromatic nitrogens is 1. The summed E-state index contributed by atoms with van der Waals surface area (Å²) in [5.41, 5.74) is 0.607. The van der Waals surface area contributed by atoms with Crippen molar-refractivity contribution in [3.05, 3.63) is 71.8 Å². The maximum Gasteiger partial charge on any atom is 0.218 e. The van der Waals surface area contributed by atoms with Crippen LogP contribution >= 0.6 is 0 Å². The molecule has 1 saturated heterocycles. The molecule has 0 aliphatic carbocycles. The molecule has 140 valence electrons. The van der Waals surface area contributed by atoms with Gasteiger partial charge in [-0.1, -0.05) is 18.2 Å². The quantitative estimate of drug-likeness (QED) is 0.672. The molecular formula is C19H16F2N2O3S. The van der Waals surface area contributed by atoms with E-state index in [2.05, 4.69) is 4.98 Å². The molecule has 8 heteroatoms. The molecule has 0 radical (unpaired) electrons. The zero-order valence-corrected chi connectivity index (χ0v) is 15.0. The summed E-state index contributed by atoms with van der Waals surface area (Å²) < 4.78 is 58.6. The Balaban J connectivity index is 1.39. The van der Waals surface area contributed by atoms with Crippen molar-refractivity contribution in [3.63, 3.8) is 0 Å². The highest BCUT2D eigenvalue weighted by Crippen LogP contribution is 2.24. The number of benzene rings is 2. The van der Waals surface area contributed by atoms with Crippen molar-refractivity contribution in [2.45, 2.75) is 11.9 Å². The Morgan fingerprint density at radius 2 is 1.85 bits per heavy atom. The molecule has 0 unspecified atom stereocenters. The van der Waals surface area contributed by atoms with Gasteiger partial charge in [-0.05, 0) is 30.3 Å². The van der Waals surface area contributed by atoms with Gasteiger partial charge in [-0.25, -0.2) is 22.2 Å². The van der Waals surface area contributed by atoms with Gasteiger partial charge in [0.15, 0.2) is 0 Å². The highest BCUT2D eigenvalue weighted by Gasteiger charge is 2.37. The van der Waals surface area contributed by atoms with Crippen LogP contribution in [0.1, 0.15) is 5.56 Å². The van der Waals surface area contributed by atoms with Crippen molar-refractivity contribution in [1.82, 2.24) is 9.29 Å². The number of halogens is 2. The number of rotatable bonds is 5. The van der Waals surface area contributed by atoms with E-state index >= 15 is 0 Å². The number of para-hydroxylation sites is 1. The minimum absolute atomic E-state index is 0.147. The molecule has 0 saturated carbocycles. The van der Waals surface area contributed by atoms with E-state index in [1.54, 1.807) is 6.07 Å². The van der Waals surface area contributed by atoms with E-state index in [0.29, 0.717) is 5.88 Å². The van der Waals surface area contributed by atoms with Crippen LogP contribution in [0.5, 0.6) is 5.88 Å². The summed E-state index contributed by atoms with van der Waals surface area (Å²) in [5.74, 6) is -1.58. The van der Waals surface area contributed by atoms with E-state index < -0.39 is 27.4 Å². The maximum absolute atomic E-state index is 13.7. The molecule has 0 spiro atoms. The van der Waals surface area contributed by atoms with Gasteiger partial charge >= 0.3 is 0 Å². The maximum atomic E-state index is 13.7. The van der Waals surface area contributed by atoms with Crippen molar-refractivity contribution in [2.24, 2.45) is 0 Å². The minimum Gasteiger partial charge on any atom is -0.472 e. The lowest BCUT2D eigenvalue weighted by molar-refractivity contribution is 0.0723. The topological polar surface area (TPSA) is 59.5 Å². The lowest BCUT2D eigenvalue weighted by Crippen LogP contribution is -2.56. The second kappa shape index (κ2) is 6.86. The van der Waals surface area contributed by atoms with Gasteiger partial charge in [0.2, 0.25) is 15.9 Å². The summed E-state index contributed by atoms with van der Waals surface area (Å²) in [5, 5.41) is 0.986. The highest BCUT2D eigenvalue weighted by molar-refractivity contribution is 7.88.